The van der Waals surface area contributed by atoms with E-state index < -0.39 is 5.97 Å². The topological polar surface area (TPSA) is 71.3 Å². The number of anilines is 1. The number of carboxylic acids is 1. The summed E-state index contributed by atoms with van der Waals surface area (Å²) >= 11 is 3.18. The zero-order valence-corrected chi connectivity index (χ0v) is 11.7. The van der Waals surface area contributed by atoms with Crippen LogP contribution in [-0.2, 0) is 11.3 Å². The Morgan fingerprint density at radius 1 is 1.30 bits per heavy atom. The molecule has 0 fully saturated rings. The number of amides is 1. The van der Waals surface area contributed by atoms with Crippen LogP contribution in [0.5, 0.6) is 0 Å². The van der Waals surface area contributed by atoms with Crippen LogP contribution in [-0.4, -0.2) is 21.6 Å². The Bertz CT molecular complexity index is 652. The number of nitrogens with one attached hydrogen (secondary N) is 1. The lowest BCUT2D eigenvalue weighted by Crippen LogP contribution is -2.18. The van der Waals surface area contributed by atoms with Crippen LogP contribution in [0.4, 0.5) is 10.1 Å². The SMILES string of the molecule is O=C(Cn1cc(C(=O)O)cc1Br)Nc1ccc(F)cc1. The summed E-state index contributed by atoms with van der Waals surface area (Å²) < 4.78 is 14.7. The molecule has 104 valence electrons. The molecule has 0 unspecified atom stereocenters. The van der Waals surface area contributed by atoms with Crippen molar-refractivity contribution < 1.29 is 19.1 Å². The average molecular weight is 341 g/mol. The first-order valence-electron chi connectivity index (χ1n) is 5.60. The highest BCUT2D eigenvalue weighted by atomic mass is 79.9. The number of carboxylic acid groups (broad SMARTS) is 1. The first kappa shape index (κ1) is 14.3. The van der Waals surface area contributed by atoms with Gasteiger partial charge in [-0.3, -0.25) is 4.79 Å². The molecule has 0 aliphatic rings. The third-order valence-electron chi connectivity index (χ3n) is 2.53. The predicted octanol–water partition coefficient (Wildman–Crippen LogP) is 2.73. The van der Waals surface area contributed by atoms with E-state index in [1.165, 1.54) is 41.1 Å². The highest BCUT2D eigenvalue weighted by Gasteiger charge is 2.12. The second kappa shape index (κ2) is 5.87. The van der Waals surface area contributed by atoms with E-state index in [1.54, 1.807) is 0 Å². The molecule has 0 saturated heterocycles. The minimum atomic E-state index is -1.07. The maximum absolute atomic E-state index is 12.7. The predicted molar refractivity (Wildman–Crippen MR) is 74.1 cm³/mol. The number of aromatic nitrogens is 1. The molecule has 2 N–H and O–H groups in total. The number of benzene rings is 1. The Morgan fingerprint density at radius 3 is 2.50 bits per heavy atom. The lowest BCUT2D eigenvalue weighted by molar-refractivity contribution is -0.116. The van der Waals surface area contributed by atoms with Crippen molar-refractivity contribution in [2.45, 2.75) is 6.54 Å². The molecule has 2 rings (SSSR count). The van der Waals surface area contributed by atoms with E-state index in [1.807, 2.05) is 0 Å². The molecular formula is C13H10BrFN2O3. The Kier molecular flexibility index (Phi) is 4.19. The summed E-state index contributed by atoms with van der Waals surface area (Å²) in [6.07, 6.45) is 1.36. The Balaban J connectivity index is 2.04. The lowest BCUT2D eigenvalue weighted by atomic mass is 10.3. The van der Waals surface area contributed by atoms with Gasteiger partial charge in [-0.15, -0.1) is 0 Å². The van der Waals surface area contributed by atoms with Crippen LogP contribution >= 0.6 is 15.9 Å². The first-order chi connectivity index (χ1) is 9.45. The van der Waals surface area contributed by atoms with Gasteiger partial charge in [0.25, 0.3) is 0 Å². The number of carbonyl (C=O) groups excluding carboxylic acids is 1. The Labute approximate surface area is 122 Å². The highest BCUT2D eigenvalue weighted by molar-refractivity contribution is 9.10. The minimum absolute atomic E-state index is 0.0504. The molecule has 2 aromatic rings. The summed E-state index contributed by atoms with van der Waals surface area (Å²) in [5.41, 5.74) is 0.560. The van der Waals surface area contributed by atoms with Gasteiger partial charge < -0.3 is 15.0 Å². The maximum atomic E-state index is 12.7. The number of carbonyl (C=O) groups is 2. The Morgan fingerprint density at radius 2 is 1.95 bits per heavy atom. The second-order valence-corrected chi connectivity index (χ2v) is 4.85. The van der Waals surface area contributed by atoms with Crippen LogP contribution in [0.2, 0.25) is 0 Å². The summed E-state index contributed by atoms with van der Waals surface area (Å²) in [5, 5.41) is 11.4. The molecule has 0 aliphatic heterocycles. The molecule has 7 heteroatoms. The number of hydrogen-bond acceptors (Lipinski definition) is 2. The van der Waals surface area contributed by atoms with Crippen molar-refractivity contribution in [2.24, 2.45) is 0 Å². The fourth-order valence-electron chi connectivity index (χ4n) is 1.60. The van der Waals surface area contributed by atoms with E-state index >= 15 is 0 Å². The fraction of sp³-hybridized carbons (Fsp3) is 0.0769. The normalized spacial score (nSPS) is 10.3. The number of aromatic carboxylic acids is 1. The maximum Gasteiger partial charge on any atom is 0.337 e. The quantitative estimate of drug-likeness (QED) is 0.898. The van der Waals surface area contributed by atoms with E-state index in [0.29, 0.717) is 10.3 Å². The van der Waals surface area contributed by atoms with Gasteiger partial charge in [0, 0.05) is 11.9 Å². The van der Waals surface area contributed by atoms with Gasteiger partial charge in [0.15, 0.2) is 0 Å². The fourth-order valence-corrected chi connectivity index (χ4v) is 2.08. The van der Waals surface area contributed by atoms with Crippen LogP contribution in [0.25, 0.3) is 0 Å². The third-order valence-corrected chi connectivity index (χ3v) is 3.22. The van der Waals surface area contributed by atoms with Crippen LogP contribution in [0, 0.1) is 5.82 Å². The third kappa shape index (κ3) is 3.45. The minimum Gasteiger partial charge on any atom is -0.478 e. The van der Waals surface area contributed by atoms with Crippen molar-refractivity contribution in [1.29, 1.82) is 0 Å². The number of hydrogen-bond donors (Lipinski definition) is 2. The summed E-state index contributed by atoms with van der Waals surface area (Å²) in [6, 6.07) is 6.78. The van der Waals surface area contributed by atoms with Gasteiger partial charge in [0.2, 0.25) is 5.91 Å². The number of halogens is 2. The van der Waals surface area contributed by atoms with Gasteiger partial charge in [0.05, 0.1) is 10.2 Å². The standard InChI is InChI=1S/C13H10BrFN2O3/c14-11-5-8(13(19)20)6-17(11)7-12(18)16-10-3-1-9(15)2-4-10/h1-6H,7H2,(H,16,18)(H,19,20). The van der Waals surface area contributed by atoms with E-state index in [-0.39, 0.29) is 23.8 Å². The molecule has 0 bridgehead atoms. The van der Waals surface area contributed by atoms with Gasteiger partial charge in [0.1, 0.15) is 12.4 Å². The summed E-state index contributed by atoms with van der Waals surface area (Å²) in [4.78, 5) is 22.6. The molecule has 0 spiro atoms. The lowest BCUT2D eigenvalue weighted by Gasteiger charge is -2.07. The van der Waals surface area contributed by atoms with E-state index in [9.17, 15) is 14.0 Å². The number of rotatable bonds is 4. The molecular weight excluding hydrogens is 331 g/mol. The van der Waals surface area contributed by atoms with Crippen molar-refractivity contribution in [3.05, 3.63) is 52.5 Å². The molecule has 0 radical (unpaired) electrons. The largest absolute Gasteiger partial charge is 0.478 e. The average Bonchev–Trinajstić information content (AvgIpc) is 2.74. The van der Waals surface area contributed by atoms with Gasteiger partial charge >= 0.3 is 5.97 Å². The van der Waals surface area contributed by atoms with Crippen LogP contribution in [0.1, 0.15) is 10.4 Å². The van der Waals surface area contributed by atoms with Crippen LogP contribution in [0.3, 0.4) is 0 Å². The zero-order chi connectivity index (χ0) is 14.7. The van der Waals surface area contributed by atoms with Gasteiger partial charge in [-0.25, -0.2) is 9.18 Å². The molecule has 1 amide bonds. The smallest absolute Gasteiger partial charge is 0.337 e. The molecule has 1 aromatic heterocycles. The highest BCUT2D eigenvalue weighted by Crippen LogP contribution is 2.16. The van der Waals surface area contributed by atoms with Gasteiger partial charge in [-0.1, -0.05) is 0 Å². The van der Waals surface area contributed by atoms with E-state index in [4.69, 9.17) is 5.11 Å². The van der Waals surface area contributed by atoms with Crippen LogP contribution < -0.4 is 5.32 Å². The molecule has 0 aliphatic carbocycles. The van der Waals surface area contributed by atoms with Crippen molar-refractivity contribution in [3.63, 3.8) is 0 Å². The molecule has 20 heavy (non-hydrogen) atoms. The summed E-state index contributed by atoms with van der Waals surface area (Å²) in [7, 11) is 0. The van der Waals surface area contributed by atoms with Gasteiger partial charge in [-0.05, 0) is 46.3 Å². The Hall–Kier alpha value is -2.15. The zero-order valence-electron chi connectivity index (χ0n) is 10.1. The van der Waals surface area contributed by atoms with Crippen LogP contribution in [0.15, 0.2) is 41.1 Å². The van der Waals surface area contributed by atoms with Crippen molar-refractivity contribution >= 4 is 33.5 Å². The van der Waals surface area contributed by atoms with Crippen molar-refractivity contribution in [1.82, 2.24) is 4.57 Å². The summed E-state index contributed by atoms with van der Waals surface area (Å²) in [6.45, 7) is -0.0504. The molecule has 5 nitrogen and oxygen atoms in total. The van der Waals surface area contributed by atoms with Gasteiger partial charge in [-0.2, -0.15) is 0 Å². The molecule has 0 atom stereocenters. The molecule has 0 saturated carbocycles. The van der Waals surface area contributed by atoms with E-state index in [2.05, 4.69) is 21.2 Å². The summed E-state index contributed by atoms with van der Waals surface area (Å²) in [5.74, 6) is -1.80. The molecule has 1 aromatic carbocycles. The van der Waals surface area contributed by atoms with Crippen molar-refractivity contribution in [2.75, 3.05) is 5.32 Å². The number of nitrogens with zero attached hydrogens (tertiary/aromatic N) is 1. The monoisotopic (exact) mass is 340 g/mol. The van der Waals surface area contributed by atoms with E-state index in [0.717, 1.165) is 0 Å². The molecule has 1 heterocycles. The van der Waals surface area contributed by atoms with Crippen molar-refractivity contribution in [3.8, 4) is 0 Å². The first-order valence-corrected chi connectivity index (χ1v) is 6.39. The second-order valence-electron chi connectivity index (χ2n) is 4.04.